The van der Waals surface area contributed by atoms with E-state index in [1.54, 1.807) is 0 Å². The lowest BCUT2D eigenvalue weighted by molar-refractivity contribution is -0.636. The summed E-state index contributed by atoms with van der Waals surface area (Å²) < 4.78 is 0. The number of benzene rings is 2. The van der Waals surface area contributed by atoms with E-state index < -0.39 is 0 Å². The van der Waals surface area contributed by atoms with Gasteiger partial charge in [-0.1, -0.05) is 55.1 Å². The van der Waals surface area contributed by atoms with E-state index >= 15 is 0 Å². The van der Waals surface area contributed by atoms with Gasteiger partial charge in [0.1, 0.15) is 0 Å². The molecule has 0 aliphatic heterocycles. The molecule has 0 saturated heterocycles. The van der Waals surface area contributed by atoms with Crippen LogP contribution in [0.25, 0.3) is 16.8 Å². The molecule has 2 N–H and O–H groups in total. The van der Waals surface area contributed by atoms with Crippen LogP contribution in [-0.2, 0) is 0 Å². The summed E-state index contributed by atoms with van der Waals surface area (Å²) in [5, 5.41) is 4.83. The first kappa shape index (κ1) is 14.5. The first-order valence-electron chi connectivity index (χ1n) is 5.98. The summed E-state index contributed by atoms with van der Waals surface area (Å²) in [7, 11) is 0. The summed E-state index contributed by atoms with van der Waals surface area (Å²) >= 11 is 0. The standard InChI is InChI=1S/C16H17N.ClH/c1-2-12-17-13-6-10-15-9-5-8-14-7-3-4-11-16(14)15;/h2-11,17H,1,12-13H2;1H/b10-6+;. The van der Waals surface area contributed by atoms with Gasteiger partial charge in [0, 0.05) is 0 Å². The second kappa shape index (κ2) is 7.70. The number of fused-ring (bicyclic) bond motifs is 1. The highest BCUT2D eigenvalue weighted by atomic mass is 35.5. The minimum Gasteiger partial charge on any atom is -1.00 e. The lowest BCUT2D eigenvalue weighted by Gasteiger charge is -2.01. The number of hydrogen-bond donors (Lipinski definition) is 1. The molecule has 0 amide bonds. The summed E-state index contributed by atoms with van der Waals surface area (Å²) in [5.74, 6) is 0. The number of nitrogens with two attached hydrogens (primary N) is 1. The molecule has 0 bridgehead atoms. The topological polar surface area (TPSA) is 16.6 Å². The van der Waals surface area contributed by atoms with Crippen LogP contribution in [0, 0.1) is 0 Å². The van der Waals surface area contributed by atoms with E-state index in [-0.39, 0.29) is 12.4 Å². The van der Waals surface area contributed by atoms with Crippen LogP contribution < -0.4 is 17.7 Å². The quantitative estimate of drug-likeness (QED) is 0.556. The summed E-state index contributed by atoms with van der Waals surface area (Å²) in [6.45, 7) is 5.67. The van der Waals surface area contributed by atoms with Crippen LogP contribution in [0.4, 0.5) is 0 Å². The third kappa shape index (κ3) is 3.73. The lowest BCUT2D eigenvalue weighted by Crippen LogP contribution is -3.00. The lowest BCUT2D eigenvalue weighted by atomic mass is 10.0. The maximum absolute atomic E-state index is 3.70. The SMILES string of the molecule is C=CC[NH2+]C/C=C/c1cccc2ccccc12.[Cl-]. The Labute approximate surface area is 115 Å². The predicted molar refractivity (Wildman–Crippen MR) is 74.8 cm³/mol. The highest BCUT2D eigenvalue weighted by Gasteiger charge is 1.95. The van der Waals surface area contributed by atoms with Crippen molar-refractivity contribution in [2.75, 3.05) is 13.1 Å². The number of quaternary nitrogens is 1. The molecule has 0 atom stereocenters. The molecule has 2 aromatic rings. The molecule has 2 rings (SSSR count). The Bertz CT molecular complexity index is 526. The van der Waals surface area contributed by atoms with Crippen molar-refractivity contribution in [3.63, 3.8) is 0 Å². The van der Waals surface area contributed by atoms with E-state index in [0.29, 0.717) is 0 Å². The van der Waals surface area contributed by atoms with Gasteiger partial charge in [-0.05, 0) is 28.5 Å². The largest absolute Gasteiger partial charge is 1.00 e. The van der Waals surface area contributed by atoms with Gasteiger partial charge in [0.05, 0.1) is 13.1 Å². The smallest absolute Gasteiger partial charge is 0.0948 e. The fourth-order valence-corrected chi connectivity index (χ4v) is 1.90. The van der Waals surface area contributed by atoms with Crippen LogP contribution in [0.3, 0.4) is 0 Å². The van der Waals surface area contributed by atoms with Gasteiger partial charge in [-0.15, -0.1) is 0 Å². The average molecular weight is 260 g/mol. The molecule has 1 nitrogen and oxygen atoms in total. The second-order valence-electron chi connectivity index (χ2n) is 4.02. The molecule has 0 heterocycles. The van der Waals surface area contributed by atoms with Gasteiger partial charge in [-0.2, -0.15) is 0 Å². The first-order valence-corrected chi connectivity index (χ1v) is 5.98. The molecule has 0 unspecified atom stereocenters. The third-order valence-corrected chi connectivity index (χ3v) is 2.76. The fourth-order valence-electron chi connectivity index (χ4n) is 1.90. The van der Waals surface area contributed by atoms with Gasteiger partial charge >= 0.3 is 0 Å². The van der Waals surface area contributed by atoms with Crippen LogP contribution in [0.1, 0.15) is 5.56 Å². The zero-order valence-corrected chi connectivity index (χ0v) is 11.1. The normalized spacial score (nSPS) is 10.4. The van der Waals surface area contributed by atoms with Crippen molar-refractivity contribution in [2.24, 2.45) is 0 Å². The number of halogens is 1. The highest BCUT2D eigenvalue weighted by molar-refractivity contribution is 5.90. The molecule has 2 aromatic carbocycles. The maximum Gasteiger partial charge on any atom is 0.0948 e. The summed E-state index contributed by atoms with van der Waals surface area (Å²) in [5.41, 5.74) is 1.29. The molecule has 0 spiro atoms. The minimum absolute atomic E-state index is 0. The van der Waals surface area contributed by atoms with E-state index in [1.165, 1.54) is 16.3 Å². The Kier molecular flexibility index (Phi) is 6.20. The van der Waals surface area contributed by atoms with Crippen LogP contribution in [0.2, 0.25) is 0 Å². The molecule has 0 aromatic heterocycles. The molecule has 94 valence electrons. The summed E-state index contributed by atoms with van der Waals surface area (Å²) in [6, 6.07) is 14.9. The molecule has 0 saturated carbocycles. The fraction of sp³-hybridized carbons (Fsp3) is 0.125. The monoisotopic (exact) mass is 259 g/mol. The molecule has 2 heteroatoms. The van der Waals surface area contributed by atoms with Gasteiger partial charge in [-0.3, -0.25) is 0 Å². The van der Waals surface area contributed by atoms with E-state index in [0.717, 1.165) is 13.1 Å². The van der Waals surface area contributed by atoms with Gasteiger partial charge in [0.15, 0.2) is 0 Å². The van der Waals surface area contributed by atoms with Crippen molar-refractivity contribution in [2.45, 2.75) is 0 Å². The van der Waals surface area contributed by atoms with Crippen LogP contribution in [-0.4, -0.2) is 13.1 Å². The summed E-state index contributed by atoms with van der Waals surface area (Å²) in [6.07, 6.45) is 6.32. The van der Waals surface area contributed by atoms with Crippen molar-refractivity contribution < 1.29 is 17.7 Å². The van der Waals surface area contributed by atoms with Crippen LogP contribution >= 0.6 is 0 Å². The van der Waals surface area contributed by atoms with E-state index in [2.05, 4.69) is 66.5 Å². The van der Waals surface area contributed by atoms with E-state index in [9.17, 15) is 0 Å². The Morgan fingerprint density at radius 1 is 1.00 bits per heavy atom. The van der Waals surface area contributed by atoms with Crippen LogP contribution in [0.15, 0.2) is 61.2 Å². The average Bonchev–Trinajstić information content (AvgIpc) is 2.39. The molecule has 0 aliphatic carbocycles. The summed E-state index contributed by atoms with van der Waals surface area (Å²) in [4.78, 5) is 0. The second-order valence-corrected chi connectivity index (χ2v) is 4.02. The molecular formula is C16H18ClN. The van der Waals surface area contributed by atoms with E-state index in [4.69, 9.17) is 0 Å². The van der Waals surface area contributed by atoms with Crippen molar-refractivity contribution >= 4 is 16.8 Å². The Morgan fingerprint density at radius 3 is 2.61 bits per heavy atom. The van der Waals surface area contributed by atoms with Crippen molar-refractivity contribution in [1.29, 1.82) is 0 Å². The number of rotatable bonds is 5. The minimum atomic E-state index is 0. The van der Waals surface area contributed by atoms with Gasteiger partial charge in [0.2, 0.25) is 0 Å². The third-order valence-electron chi connectivity index (χ3n) is 2.76. The molecular weight excluding hydrogens is 242 g/mol. The van der Waals surface area contributed by atoms with Crippen molar-refractivity contribution in [3.05, 3.63) is 66.8 Å². The van der Waals surface area contributed by atoms with Crippen molar-refractivity contribution in [1.82, 2.24) is 0 Å². The highest BCUT2D eigenvalue weighted by Crippen LogP contribution is 2.19. The maximum atomic E-state index is 3.70. The molecule has 18 heavy (non-hydrogen) atoms. The zero-order valence-electron chi connectivity index (χ0n) is 10.4. The van der Waals surface area contributed by atoms with Gasteiger partial charge < -0.3 is 17.7 Å². The Balaban J connectivity index is 0.00000162. The molecule has 0 radical (unpaired) electrons. The Hall–Kier alpha value is -1.57. The van der Waals surface area contributed by atoms with Gasteiger partial charge in [0.25, 0.3) is 0 Å². The Morgan fingerprint density at radius 2 is 1.78 bits per heavy atom. The first-order chi connectivity index (χ1) is 8.42. The number of hydrogen-bond acceptors (Lipinski definition) is 0. The predicted octanol–water partition coefficient (Wildman–Crippen LogP) is -0.394. The zero-order chi connectivity index (χ0) is 11.9. The molecule has 0 aliphatic rings. The molecule has 0 fully saturated rings. The van der Waals surface area contributed by atoms with Crippen molar-refractivity contribution in [3.8, 4) is 0 Å². The van der Waals surface area contributed by atoms with Gasteiger partial charge in [-0.25, -0.2) is 0 Å². The van der Waals surface area contributed by atoms with E-state index in [1.807, 2.05) is 6.08 Å². The van der Waals surface area contributed by atoms with Crippen LogP contribution in [0.5, 0.6) is 0 Å².